The lowest BCUT2D eigenvalue weighted by Gasteiger charge is -2.62. The van der Waals surface area contributed by atoms with E-state index < -0.39 is 21.6 Å². The maximum absolute atomic E-state index is 11.2. The van der Waals surface area contributed by atoms with E-state index in [0.717, 1.165) is 89.9 Å². The molecular formula is C46H76N4O10. The highest BCUT2D eigenvalue weighted by Gasteiger charge is 2.72. The average molecular weight is 845 g/mol. The minimum absolute atomic E-state index is 0.0220. The van der Waals surface area contributed by atoms with E-state index in [0.29, 0.717) is 60.6 Å². The van der Waals surface area contributed by atoms with Crippen LogP contribution in [0.5, 0.6) is 0 Å². The predicted molar refractivity (Wildman–Crippen MR) is 220 cm³/mol. The largest absolute Gasteiger partial charge is 0.356 e. The number of nitrogens with zero attached hydrogens (tertiary/aromatic N) is 4. The molecule has 340 valence electrons. The van der Waals surface area contributed by atoms with Crippen molar-refractivity contribution in [3.05, 3.63) is 20.2 Å². The van der Waals surface area contributed by atoms with Crippen LogP contribution in [0.25, 0.3) is 0 Å². The molecule has 8 saturated carbocycles. The second kappa shape index (κ2) is 14.3. The van der Waals surface area contributed by atoms with Crippen LogP contribution >= 0.6 is 0 Å². The first-order valence-corrected chi connectivity index (χ1v) is 24.0. The summed E-state index contributed by atoms with van der Waals surface area (Å²) in [5.74, 6) is 4.86. The third-order valence-electron chi connectivity index (χ3n) is 21.0. The Morgan fingerprint density at radius 2 is 0.883 bits per heavy atom. The number of rotatable bonds is 4. The first-order valence-electron chi connectivity index (χ1n) is 24.0. The monoisotopic (exact) mass is 845 g/mol. The molecule has 2 spiro atoms. The van der Waals surface area contributed by atoms with Gasteiger partial charge in [0, 0.05) is 10.8 Å². The van der Waals surface area contributed by atoms with Gasteiger partial charge in [0.25, 0.3) is 10.2 Å². The van der Waals surface area contributed by atoms with E-state index in [1.165, 1.54) is 25.7 Å². The van der Waals surface area contributed by atoms with Gasteiger partial charge in [0.1, 0.15) is 23.7 Å². The summed E-state index contributed by atoms with van der Waals surface area (Å²) < 4.78 is 12.9. The van der Waals surface area contributed by atoms with Crippen LogP contribution in [0, 0.1) is 89.2 Å². The summed E-state index contributed by atoms with van der Waals surface area (Å²) in [7, 11) is 0. The van der Waals surface area contributed by atoms with Crippen LogP contribution < -0.4 is 0 Å². The number of hydroxylamine groups is 4. The Bertz CT molecular complexity index is 1580. The number of hydrogen-bond donors (Lipinski definition) is 2. The van der Waals surface area contributed by atoms with Crippen molar-refractivity contribution in [1.82, 2.24) is 10.1 Å². The molecular weight excluding hydrogens is 769 g/mol. The molecule has 10 fully saturated rings. The molecule has 10 aliphatic rings. The van der Waals surface area contributed by atoms with E-state index >= 15 is 0 Å². The zero-order valence-electron chi connectivity index (χ0n) is 37.9. The van der Waals surface area contributed by atoms with E-state index in [-0.39, 0.29) is 44.9 Å². The summed E-state index contributed by atoms with van der Waals surface area (Å²) in [6.45, 7) is 19.1. The van der Waals surface area contributed by atoms with E-state index in [9.17, 15) is 30.6 Å². The Balaban J connectivity index is 0.000000154. The lowest BCUT2D eigenvalue weighted by molar-refractivity contribution is -0.770. The second-order valence-electron chi connectivity index (χ2n) is 24.1. The Kier molecular flexibility index (Phi) is 10.4. The maximum Gasteiger partial charge on any atom is 0.294 e. The topological polar surface area (TPSA) is 170 Å². The van der Waals surface area contributed by atoms with Gasteiger partial charge in [-0.1, -0.05) is 27.7 Å². The summed E-state index contributed by atoms with van der Waals surface area (Å²) in [5.41, 5.74) is -1.29. The molecule has 0 aromatic carbocycles. The van der Waals surface area contributed by atoms with Gasteiger partial charge in [-0.25, -0.2) is 0 Å². The van der Waals surface area contributed by atoms with Gasteiger partial charge in [-0.05, 0) is 201 Å². The van der Waals surface area contributed by atoms with E-state index in [1.54, 1.807) is 10.1 Å². The minimum atomic E-state index is -0.604. The predicted octanol–water partition coefficient (Wildman–Crippen LogP) is 9.60. The highest BCUT2D eigenvalue weighted by atomic mass is 17.0. The van der Waals surface area contributed by atoms with E-state index in [2.05, 4.69) is 55.4 Å². The molecule has 0 amide bonds. The zero-order chi connectivity index (χ0) is 43.1. The van der Waals surface area contributed by atoms with Crippen molar-refractivity contribution in [1.29, 1.82) is 0 Å². The molecule has 8 aliphatic carbocycles. The van der Waals surface area contributed by atoms with Crippen molar-refractivity contribution in [2.45, 2.75) is 206 Å². The van der Waals surface area contributed by atoms with Gasteiger partial charge in [0.15, 0.2) is 0 Å². The van der Waals surface area contributed by atoms with Crippen LogP contribution in [0.1, 0.15) is 171 Å². The molecule has 0 aromatic heterocycles. The van der Waals surface area contributed by atoms with Gasteiger partial charge < -0.3 is 29.6 Å². The molecule has 10 unspecified atom stereocenters. The molecule has 14 heteroatoms. The fraction of sp³-hybridized carbons (Fsp3) is 1.00. The highest BCUT2D eigenvalue weighted by molar-refractivity contribution is 5.18. The minimum Gasteiger partial charge on any atom is -0.356 e. The summed E-state index contributed by atoms with van der Waals surface area (Å²) >= 11 is 0. The average Bonchev–Trinajstić information content (AvgIpc) is 3.83. The molecule has 60 heavy (non-hydrogen) atoms. The van der Waals surface area contributed by atoms with E-state index in [4.69, 9.17) is 19.1 Å². The van der Waals surface area contributed by atoms with Gasteiger partial charge in [-0.3, -0.25) is 0 Å². The molecule has 0 radical (unpaired) electrons. The summed E-state index contributed by atoms with van der Waals surface area (Å²) in [6.07, 6.45) is 18.1. The quantitative estimate of drug-likeness (QED) is 0.203. The number of fused-ring (bicyclic) bond motifs is 12. The van der Waals surface area contributed by atoms with Crippen LogP contribution in [0.15, 0.2) is 0 Å². The summed E-state index contributed by atoms with van der Waals surface area (Å²) in [5, 5.41) is 46.0. The number of ether oxygens (including phenoxy) is 2. The van der Waals surface area contributed by atoms with Gasteiger partial charge >= 0.3 is 0 Å². The van der Waals surface area contributed by atoms with Crippen molar-refractivity contribution < 1.29 is 39.7 Å². The Morgan fingerprint density at radius 1 is 0.517 bits per heavy atom. The standard InChI is InChI=1S/2C23H38N2O5/c2*1-20(2)14-29-23(24(20)26)12-9-19-17-6-5-15-13-16(30-25(27)28)7-10-21(15,3)18(17)8-11-22(19,23)4/h2*15-19,26H,5-14H2,1-4H3/t15?,16-,17?,18?,19?,21+,22+,23?;15?,16-,17?,18?,19?,21-,22-,23?/m10/s1. The van der Waals surface area contributed by atoms with Crippen LogP contribution in [-0.2, 0) is 19.1 Å². The van der Waals surface area contributed by atoms with Gasteiger partial charge in [0.2, 0.25) is 0 Å². The first kappa shape index (κ1) is 43.4. The van der Waals surface area contributed by atoms with Gasteiger partial charge in [-0.15, -0.1) is 20.2 Å². The molecule has 16 atom stereocenters. The van der Waals surface area contributed by atoms with Crippen molar-refractivity contribution in [3.8, 4) is 0 Å². The zero-order valence-corrected chi connectivity index (χ0v) is 37.9. The molecule has 10 rings (SSSR count). The third-order valence-corrected chi connectivity index (χ3v) is 21.0. The molecule has 0 bridgehead atoms. The lowest BCUT2D eigenvalue weighted by Crippen LogP contribution is -2.62. The Hall–Kier alpha value is -1.84. The lowest BCUT2D eigenvalue weighted by atomic mass is 9.44. The smallest absolute Gasteiger partial charge is 0.294 e. The maximum atomic E-state index is 11.2. The molecule has 2 heterocycles. The SMILES string of the molecule is CC1(C)COC2(CCC3C4CCC5C[C@@H](O[N+](=O)[O-])CC[C@]5(C)C4CC[C@@]32C)N1O.CC1(C)COC2(CCC3C4CCC5C[C@H](O[N+](=O)[O-])CC[C@]5(C)C4CC[C@@]32C)N1O. The fourth-order valence-electron chi connectivity index (χ4n) is 17.8. The fourth-order valence-corrected chi connectivity index (χ4v) is 17.8. The second-order valence-corrected chi connectivity index (χ2v) is 24.1. The summed E-state index contributed by atoms with van der Waals surface area (Å²) in [4.78, 5) is 31.6. The molecule has 0 aromatic rings. The number of hydrogen-bond acceptors (Lipinski definition) is 12. The van der Waals surface area contributed by atoms with Gasteiger partial charge in [-0.2, -0.15) is 10.1 Å². The third kappa shape index (κ3) is 6.04. The Morgan fingerprint density at radius 3 is 1.22 bits per heavy atom. The molecule has 2 saturated heterocycles. The van der Waals surface area contributed by atoms with Crippen molar-refractivity contribution >= 4 is 0 Å². The molecule has 2 aliphatic heterocycles. The van der Waals surface area contributed by atoms with Crippen molar-refractivity contribution in [2.24, 2.45) is 69.0 Å². The first-order chi connectivity index (χ1) is 28.1. The molecule has 14 nitrogen and oxygen atoms in total. The van der Waals surface area contributed by atoms with Crippen molar-refractivity contribution in [2.75, 3.05) is 13.2 Å². The van der Waals surface area contributed by atoms with Crippen LogP contribution in [0.4, 0.5) is 0 Å². The summed E-state index contributed by atoms with van der Waals surface area (Å²) in [6, 6.07) is 0. The Labute approximate surface area is 357 Å². The highest BCUT2D eigenvalue weighted by Crippen LogP contribution is 2.72. The van der Waals surface area contributed by atoms with Crippen LogP contribution in [-0.4, -0.2) is 78.7 Å². The van der Waals surface area contributed by atoms with Crippen LogP contribution in [0.3, 0.4) is 0 Å². The normalized spacial score (nSPS) is 52.5. The van der Waals surface area contributed by atoms with Crippen LogP contribution in [0.2, 0.25) is 0 Å². The van der Waals surface area contributed by atoms with Crippen molar-refractivity contribution in [3.63, 3.8) is 0 Å². The van der Waals surface area contributed by atoms with Gasteiger partial charge in [0.05, 0.1) is 24.3 Å². The van der Waals surface area contributed by atoms with E-state index in [1.807, 2.05) is 0 Å². The molecule has 2 N–H and O–H groups in total.